The molecule has 2 aliphatic heterocycles. The second-order valence-corrected chi connectivity index (χ2v) is 6.59. The highest BCUT2D eigenvalue weighted by Gasteiger charge is 2.26. The molecule has 3 rings (SSSR count). The Labute approximate surface area is 147 Å². The number of benzene rings is 1. The van der Waals surface area contributed by atoms with Gasteiger partial charge in [-0.05, 0) is 37.5 Å². The van der Waals surface area contributed by atoms with Crippen molar-refractivity contribution in [1.82, 2.24) is 10.2 Å². The third kappa shape index (κ3) is 4.15. The predicted molar refractivity (Wildman–Crippen MR) is 92.5 cm³/mol. The molecule has 1 saturated heterocycles. The molecule has 0 spiro atoms. The smallest absolute Gasteiger partial charge is 0.317 e. The van der Waals surface area contributed by atoms with Crippen LogP contribution in [0.25, 0.3) is 0 Å². The first-order valence-electron chi connectivity index (χ1n) is 8.79. The number of likely N-dealkylation sites (tertiary alicyclic amines) is 1. The number of hydrogen-bond acceptors (Lipinski definition) is 4. The Kier molecular flexibility index (Phi) is 5.31. The van der Waals surface area contributed by atoms with Crippen molar-refractivity contribution in [3.8, 4) is 11.5 Å². The molecule has 0 saturated carbocycles. The first-order valence-corrected chi connectivity index (χ1v) is 8.79. The van der Waals surface area contributed by atoms with Crippen molar-refractivity contribution >= 4 is 11.9 Å². The number of nitrogens with one attached hydrogen (secondary N) is 1. The van der Waals surface area contributed by atoms with Crippen LogP contribution >= 0.6 is 0 Å². The van der Waals surface area contributed by atoms with Crippen molar-refractivity contribution in [3.05, 3.63) is 23.8 Å². The van der Waals surface area contributed by atoms with Gasteiger partial charge in [-0.2, -0.15) is 0 Å². The highest BCUT2D eigenvalue weighted by molar-refractivity contribution is 5.78. The fourth-order valence-corrected chi connectivity index (χ4v) is 3.18. The number of carbonyl (C=O) groups is 2. The van der Waals surface area contributed by atoms with E-state index in [0.29, 0.717) is 39.1 Å². The van der Waals surface area contributed by atoms with Gasteiger partial charge in [0.15, 0.2) is 11.5 Å². The van der Waals surface area contributed by atoms with E-state index in [9.17, 15) is 9.59 Å². The number of fused-ring (bicyclic) bond motifs is 1. The molecule has 25 heavy (non-hydrogen) atoms. The zero-order chi connectivity index (χ0) is 17.8. The van der Waals surface area contributed by atoms with Crippen LogP contribution in [0.1, 0.15) is 37.8 Å². The zero-order valence-electron chi connectivity index (χ0n) is 14.5. The van der Waals surface area contributed by atoms with Gasteiger partial charge in [0.25, 0.3) is 0 Å². The molecule has 0 radical (unpaired) electrons. The van der Waals surface area contributed by atoms with Crippen LogP contribution in [0.15, 0.2) is 18.2 Å². The summed E-state index contributed by atoms with van der Waals surface area (Å²) in [6, 6.07) is 5.47. The van der Waals surface area contributed by atoms with Gasteiger partial charge >= 0.3 is 6.03 Å². The second-order valence-electron chi connectivity index (χ2n) is 6.59. The Morgan fingerprint density at radius 1 is 1.20 bits per heavy atom. The topological polar surface area (TPSA) is 93.9 Å². The molecule has 1 aromatic carbocycles. The maximum absolute atomic E-state index is 12.4. The van der Waals surface area contributed by atoms with E-state index in [1.165, 1.54) is 0 Å². The summed E-state index contributed by atoms with van der Waals surface area (Å²) in [6.07, 6.45) is 2.11. The normalized spacial score (nSPS) is 19.0. The molecule has 1 aromatic rings. The summed E-state index contributed by atoms with van der Waals surface area (Å²) in [6.45, 7) is 4.32. The molecule has 3 amide bonds. The summed E-state index contributed by atoms with van der Waals surface area (Å²) in [5.41, 5.74) is 6.29. The van der Waals surface area contributed by atoms with E-state index in [4.69, 9.17) is 15.2 Å². The van der Waals surface area contributed by atoms with Crippen LogP contribution < -0.4 is 20.5 Å². The zero-order valence-corrected chi connectivity index (χ0v) is 14.5. The van der Waals surface area contributed by atoms with Crippen LogP contribution in [-0.2, 0) is 4.79 Å². The number of rotatable bonds is 3. The minimum Gasteiger partial charge on any atom is -0.490 e. The predicted octanol–water partition coefficient (Wildman–Crippen LogP) is 1.82. The minimum absolute atomic E-state index is 0.122. The van der Waals surface area contributed by atoms with E-state index in [0.717, 1.165) is 23.5 Å². The van der Waals surface area contributed by atoms with Gasteiger partial charge in [-0.3, -0.25) is 4.79 Å². The van der Waals surface area contributed by atoms with Crippen LogP contribution in [0.3, 0.4) is 0 Å². The van der Waals surface area contributed by atoms with Gasteiger partial charge in [0.2, 0.25) is 5.91 Å². The number of amides is 3. The SMILES string of the molecule is C[C@@H](NC(=O)N1CCC(C(N)=O)CC1)c1ccc2c(c1)OCCCO2. The lowest BCUT2D eigenvalue weighted by atomic mass is 9.96. The van der Waals surface area contributed by atoms with E-state index in [2.05, 4.69) is 5.32 Å². The number of nitrogens with two attached hydrogens (primary N) is 1. The fraction of sp³-hybridized carbons (Fsp3) is 0.556. The van der Waals surface area contributed by atoms with Crippen LogP contribution in [0.4, 0.5) is 4.79 Å². The molecule has 3 N–H and O–H groups in total. The number of primary amides is 1. The number of ether oxygens (including phenoxy) is 2. The van der Waals surface area contributed by atoms with E-state index in [1.807, 2.05) is 25.1 Å². The molecule has 0 bridgehead atoms. The Bertz CT molecular complexity index is 641. The van der Waals surface area contributed by atoms with E-state index in [-0.39, 0.29) is 23.9 Å². The lowest BCUT2D eigenvalue weighted by Crippen LogP contribution is -2.46. The summed E-state index contributed by atoms with van der Waals surface area (Å²) in [4.78, 5) is 25.4. The molecule has 7 nitrogen and oxygen atoms in total. The summed E-state index contributed by atoms with van der Waals surface area (Å²) >= 11 is 0. The number of piperidine rings is 1. The number of urea groups is 1. The molecule has 7 heteroatoms. The molecule has 2 heterocycles. The van der Waals surface area contributed by atoms with Gasteiger partial charge in [-0.15, -0.1) is 0 Å². The van der Waals surface area contributed by atoms with E-state index < -0.39 is 0 Å². The lowest BCUT2D eigenvalue weighted by molar-refractivity contribution is -0.123. The monoisotopic (exact) mass is 347 g/mol. The van der Waals surface area contributed by atoms with Crippen molar-refractivity contribution in [2.75, 3.05) is 26.3 Å². The molecule has 2 aliphatic rings. The van der Waals surface area contributed by atoms with Gasteiger partial charge in [0.05, 0.1) is 19.3 Å². The van der Waals surface area contributed by atoms with Crippen LogP contribution in [0, 0.1) is 5.92 Å². The van der Waals surface area contributed by atoms with Crippen LogP contribution in [-0.4, -0.2) is 43.1 Å². The lowest BCUT2D eigenvalue weighted by Gasteiger charge is -2.31. The first kappa shape index (κ1) is 17.4. The standard InChI is InChI=1S/C18H25N3O4/c1-12(14-3-4-15-16(11-14)25-10-2-9-24-15)20-18(23)21-7-5-13(6-8-21)17(19)22/h3-4,11-13H,2,5-10H2,1H3,(H2,19,22)(H,20,23)/t12-/m1/s1. The third-order valence-corrected chi connectivity index (χ3v) is 4.80. The first-order chi connectivity index (χ1) is 12.0. The van der Waals surface area contributed by atoms with Crippen molar-refractivity contribution in [2.45, 2.75) is 32.2 Å². The van der Waals surface area contributed by atoms with Crippen molar-refractivity contribution in [2.24, 2.45) is 11.7 Å². The highest BCUT2D eigenvalue weighted by atomic mass is 16.5. The molecule has 0 aliphatic carbocycles. The van der Waals surface area contributed by atoms with Gasteiger partial charge in [0, 0.05) is 25.4 Å². The second kappa shape index (κ2) is 7.63. The molecule has 0 aromatic heterocycles. The Morgan fingerprint density at radius 2 is 1.88 bits per heavy atom. The van der Waals surface area contributed by atoms with Crippen molar-refractivity contribution in [1.29, 1.82) is 0 Å². The van der Waals surface area contributed by atoms with E-state index in [1.54, 1.807) is 4.90 Å². The number of hydrogen-bond donors (Lipinski definition) is 2. The van der Waals surface area contributed by atoms with Crippen LogP contribution in [0.5, 0.6) is 11.5 Å². The maximum Gasteiger partial charge on any atom is 0.317 e. The largest absolute Gasteiger partial charge is 0.490 e. The van der Waals surface area contributed by atoms with Crippen molar-refractivity contribution in [3.63, 3.8) is 0 Å². The fourth-order valence-electron chi connectivity index (χ4n) is 3.18. The van der Waals surface area contributed by atoms with Gasteiger partial charge < -0.3 is 25.4 Å². The quantitative estimate of drug-likeness (QED) is 0.872. The number of nitrogens with zero attached hydrogens (tertiary/aromatic N) is 1. The van der Waals surface area contributed by atoms with E-state index >= 15 is 0 Å². The summed E-state index contributed by atoms with van der Waals surface area (Å²) < 4.78 is 11.3. The Morgan fingerprint density at radius 3 is 2.56 bits per heavy atom. The summed E-state index contributed by atoms with van der Waals surface area (Å²) in [5, 5.41) is 3.01. The average Bonchev–Trinajstić information content (AvgIpc) is 2.86. The van der Waals surface area contributed by atoms with Gasteiger partial charge in [-0.1, -0.05) is 6.07 Å². The maximum atomic E-state index is 12.4. The van der Waals surface area contributed by atoms with Gasteiger partial charge in [-0.25, -0.2) is 4.79 Å². The summed E-state index contributed by atoms with van der Waals surface area (Å²) in [5.74, 6) is 1.07. The Balaban J connectivity index is 1.58. The molecule has 1 atom stereocenters. The minimum atomic E-state index is -0.277. The molecule has 136 valence electrons. The molecule has 0 unspecified atom stereocenters. The van der Waals surface area contributed by atoms with Gasteiger partial charge in [0.1, 0.15) is 0 Å². The third-order valence-electron chi connectivity index (χ3n) is 4.80. The van der Waals surface area contributed by atoms with Crippen LogP contribution in [0.2, 0.25) is 0 Å². The van der Waals surface area contributed by atoms with Crippen molar-refractivity contribution < 1.29 is 19.1 Å². The summed E-state index contributed by atoms with van der Waals surface area (Å²) in [7, 11) is 0. The average molecular weight is 347 g/mol. The highest BCUT2D eigenvalue weighted by Crippen LogP contribution is 2.32. The number of carbonyl (C=O) groups excluding carboxylic acids is 2. The molecular weight excluding hydrogens is 322 g/mol. The Hall–Kier alpha value is -2.44. The molecular formula is C18H25N3O4. The molecule has 1 fully saturated rings.